The Morgan fingerprint density at radius 1 is 0.778 bits per heavy atom. The Hall–Kier alpha value is 0.310. The summed E-state index contributed by atoms with van der Waals surface area (Å²) in [7, 11) is 0. The monoisotopic (exact) mass is 265 g/mol. The number of hydrogen-bond acceptors (Lipinski definition) is 2. The highest BCUT2D eigenvalue weighted by atomic mass is 32.2. The second kappa shape index (κ2) is 4.41. The predicted molar refractivity (Wildman–Crippen MR) is 78.7 cm³/mol. The van der Waals surface area contributed by atoms with Crippen LogP contribution in [0.5, 0.6) is 0 Å². The minimum Gasteiger partial charge on any atom is -0.328 e. The van der Waals surface area contributed by atoms with E-state index in [1.165, 1.54) is 25.7 Å². The largest absolute Gasteiger partial charge is 0.328 e. The molecule has 0 unspecified atom stereocenters. The summed E-state index contributed by atoms with van der Waals surface area (Å²) in [6.45, 7) is 0. The number of nitrogens with two attached hydrogens (primary N) is 1. The summed E-state index contributed by atoms with van der Waals surface area (Å²) in [6, 6.07) is 0.512. The van der Waals surface area contributed by atoms with Crippen molar-refractivity contribution in [1.82, 2.24) is 0 Å². The van der Waals surface area contributed by atoms with E-state index in [9.17, 15) is 0 Å². The zero-order valence-corrected chi connectivity index (χ0v) is 12.3. The lowest BCUT2D eigenvalue weighted by molar-refractivity contribution is 0.0380. The molecule has 0 amide bonds. The van der Waals surface area contributed by atoms with Gasteiger partial charge in [0.05, 0.1) is 0 Å². The average molecular weight is 265 g/mol. The molecule has 0 radical (unpaired) electrons. The van der Waals surface area contributed by atoms with Gasteiger partial charge in [0.25, 0.3) is 0 Å². The first-order chi connectivity index (χ1) is 8.71. The molecule has 0 aromatic heterocycles. The molecule has 0 atom stereocenters. The van der Waals surface area contributed by atoms with E-state index in [4.69, 9.17) is 5.73 Å². The van der Waals surface area contributed by atoms with Gasteiger partial charge in [-0.25, -0.2) is 0 Å². The summed E-state index contributed by atoms with van der Waals surface area (Å²) >= 11 is 2.42. The van der Waals surface area contributed by atoms with E-state index in [1.54, 1.807) is 38.5 Å². The van der Waals surface area contributed by atoms with Crippen molar-refractivity contribution in [2.45, 2.75) is 80.2 Å². The van der Waals surface area contributed by atoms with Gasteiger partial charge in [-0.2, -0.15) is 11.8 Å². The molecule has 5 aliphatic rings. The van der Waals surface area contributed by atoms with Gasteiger partial charge in [-0.3, -0.25) is 0 Å². The van der Waals surface area contributed by atoms with Crippen molar-refractivity contribution in [2.24, 2.45) is 23.5 Å². The summed E-state index contributed by atoms with van der Waals surface area (Å²) in [6.07, 6.45) is 14.8. The summed E-state index contributed by atoms with van der Waals surface area (Å²) in [5, 5.41) is 0.945. The highest BCUT2D eigenvalue weighted by Crippen LogP contribution is 2.61. The minimum atomic E-state index is 0.512. The summed E-state index contributed by atoms with van der Waals surface area (Å²) < 4.78 is 0.723. The average Bonchev–Trinajstić information content (AvgIpc) is 2.30. The fourth-order valence-corrected chi connectivity index (χ4v) is 7.95. The SMILES string of the molecule is NC1CCC(SC23CC4CC(CC(C4)C2)C3)CC1. The van der Waals surface area contributed by atoms with Gasteiger partial charge in [-0.05, 0) is 82.0 Å². The molecule has 0 aromatic rings. The molecule has 0 aliphatic heterocycles. The highest BCUT2D eigenvalue weighted by molar-refractivity contribution is 8.01. The zero-order valence-electron chi connectivity index (χ0n) is 11.4. The summed E-state index contributed by atoms with van der Waals surface area (Å²) in [5.74, 6) is 3.32. The second-order valence-corrected chi connectivity index (χ2v) is 9.52. The van der Waals surface area contributed by atoms with Crippen LogP contribution >= 0.6 is 11.8 Å². The molecule has 5 fully saturated rings. The molecule has 5 aliphatic carbocycles. The Bertz CT molecular complexity index is 284. The first kappa shape index (κ1) is 12.1. The zero-order chi connectivity index (χ0) is 12.2. The van der Waals surface area contributed by atoms with E-state index in [0.717, 1.165) is 27.8 Å². The van der Waals surface area contributed by atoms with Gasteiger partial charge in [0, 0.05) is 16.0 Å². The smallest absolute Gasteiger partial charge is 0.0170 e. The van der Waals surface area contributed by atoms with Crippen molar-refractivity contribution in [3.05, 3.63) is 0 Å². The van der Waals surface area contributed by atoms with Crippen LogP contribution in [-0.2, 0) is 0 Å². The molecule has 1 nitrogen and oxygen atoms in total. The van der Waals surface area contributed by atoms with Gasteiger partial charge in [0.2, 0.25) is 0 Å². The molecule has 0 aromatic carbocycles. The van der Waals surface area contributed by atoms with E-state index in [1.807, 2.05) is 0 Å². The molecule has 2 N–H and O–H groups in total. The summed E-state index contributed by atoms with van der Waals surface area (Å²) in [4.78, 5) is 0. The molecular weight excluding hydrogens is 238 g/mol. The number of rotatable bonds is 2. The van der Waals surface area contributed by atoms with Crippen molar-refractivity contribution in [3.63, 3.8) is 0 Å². The van der Waals surface area contributed by atoms with Crippen LogP contribution in [0, 0.1) is 17.8 Å². The third-order valence-corrected chi connectivity index (χ3v) is 7.92. The standard InChI is InChI=1S/C16H27NS/c17-14-1-3-15(4-2-14)18-16-8-11-5-12(9-16)7-13(6-11)10-16/h11-15H,1-10,17H2. The van der Waals surface area contributed by atoms with Gasteiger partial charge in [0.1, 0.15) is 0 Å². The van der Waals surface area contributed by atoms with Gasteiger partial charge in [0.15, 0.2) is 0 Å². The molecule has 4 bridgehead atoms. The lowest BCUT2D eigenvalue weighted by atomic mass is 9.56. The Kier molecular flexibility index (Phi) is 2.96. The fraction of sp³-hybridized carbons (Fsp3) is 1.00. The third-order valence-electron chi connectivity index (χ3n) is 6.12. The van der Waals surface area contributed by atoms with Gasteiger partial charge < -0.3 is 5.73 Å². The quantitative estimate of drug-likeness (QED) is 0.818. The van der Waals surface area contributed by atoms with Crippen LogP contribution in [0.3, 0.4) is 0 Å². The molecule has 18 heavy (non-hydrogen) atoms. The maximum atomic E-state index is 6.05. The minimum absolute atomic E-state index is 0.512. The van der Waals surface area contributed by atoms with Crippen molar-refractivity contribution < 1.29 is 0 Å². The Morgan fingerprint density at radius 2 is 1.28 bits per heavy atom. The van der Waals surface area contributed by atoms with Gasteiger partial charge >= 0.3 is 0 Å². The van der Waals surface area contributed by atoms with Crippen LogP contribution in [0.25, 0.3) is 0 Å². The number of thioether (sulfide) groups is 1. The topological polar surface area (TPSA) is 26.0 Å². The van der Waals surface area contributed by atoms with E-state index in [0.29, 0.717) is 6.04 Å². The van der Waals surface area contributed by atoms with E-state index in [2.05, 4.69) is 11.8 Å². The number of hydrogen-bond donors (Lipinski definition) is 1. The molecule has 102 valence electrons. The molecular formula is C16H27NS. The molecule has 2 heteroatoms. The normalized spacial score (nSPS) is 54.8. The van der Waals surface area contributed by atoms with Gasteiger partial charge in [-0.1, -0.05) is 0 Å². The molecule has 5 saturated carbocycles. The maximum absolute atomic E-state index is 6.05. The Labute approximate surface area is 116 Å². The van der Waals surface area contributed by atoms with E-state index < -0.39 is 0 Å². The first-order valence-electron chi connectivity index (χ1n) is 8.14. The maximum Gasteiger partial charge on any atom is 0.0170 e. The fourth-order valence-electron chi connectivity index (χ4n) is 5.74. The van der Waals surface area contributed by atoms with E-state index in [-0.39, 0.29) is 0 Å². The predicted octanol–water partition coefficient (Wildman–Crippen LogP) is 3.96. The molecule has 0 heterocycles. The van der Waals surface area contributed by atoms with E-state index >= 15 is 0 Å². The highest BCUT2D eigenvalue weighted by Gasteiger charge is 2.51. The molecule has 5 rings (SSSR count). The van der Waals surface area contributed by atoms with Crippen molar-refractivity contribution in [1.29, 1.82) is 0 Å². The molecule has 0 saturated heterocycles. The van der Waals surface area contributed by atoms with Crippen molar-refractivity contribution >= 4 is 11.8 Å². The van der Waals surface area contributed by atoms with Crippen LogP contribution in [0.4, 0.5) is 0 Å². The van der Waals surface area contributed by atoms with Crippen molar-refractivity contribution in [3.8, 4) is 0 Å². The van der Waals surface area contributed by atoms with Crippen LogP contribution in [0.15, 0.2) is 0 Å². The second-order valence-electron chi connectivity index (χ2n) is 7.76. The Balaban J connectivity index is 1.44. The van der Waals surface area contributed by atoms with Crippen LogP contribution in [-0.4, -0.2) is 16.0 Å². The van der Waals surface area contributed by atoms with Crippen LogP contribution in [0.2, 0.25) is 0 Å². The van der Waals surface area contributed by atoms with Crippen molar-refractivity contribution in [2.75, 3.05) is 0 Å². The van der Waals surface area contributed by atoms with Crippen LogP contribution in [0.1, 0.15) is 64.2 Å². The third kappa shape index (κ3) is 2.14. The lowest BCUT2D eigenvalue weighted by Gasteiger charge is -2.57. The summed E-state index contributed by atoms with van der Waals surface area (Å²) in [5.41, 5.74) is 6.05. The molecule has 0 spiro atoms. The van der Waals surface area contributed by atoms with Gasteiger partial charge in [-0.15, -0.1) is 0 Å². The lowest BCUT2D eigenvalue weighted by Crippen LogP contribution is -2.49. The Morgan fingerprint density at radius 3 is 1.78 bits per heavy atom. The van der Waals surface area contributed by atoms with Crippen LogP contribution < -0.4 is 5.73 Å². The first-order valence-corrected chi connectivity index (χ1v) is 9.02.